The second-order valence-corrected chi connectivity index (χ2v) is 8.41. The molecule has 1 unspecified atom stereocenters. The van der Waals surface area contributed by atoms with Crippen molar-refractivity contribution in [3.05, 3.63) is 41.7 Å². The lowest BCUT2D eigenvalue weighted by atomic mass is 10.1. The second-order valence-electron chi connectivity index (χ2n) is 8.41. The molecule has 4 rings (SSSR count). The standard InChI is InChI=1S/C23H35N5/c1-18-22(25-23(26(18)3)19-9-5-4-6-10-19)21(17-24-2)28-15-13-27(14-16-28)20-11-7-8-12-20/h4-6,9-10,20-21,24H,7-8,11-17H2,1-3H3. The molecule has 0 spiro atoms. The summed E-state index contributed by atoms with van der Waals surface area (Å²) in [7, 11) is 4.20. The lowest BCUT2D eigenvalue weighted by Crippen LogP contribution is -2.51. The number of piperazine rings is 1. The minimum Gasteiger partial charge on any atom is -0.331 e. The van der Waals surface area contributed by atoms with Crippen LogP contribution in [0.3, 0.4) is 0 Å². The summed E-state index contributed by atoms with van der Waals surface area (Å²) >= 11 is 0. The zero-order chi connectivity index (χ0) is 19.5. The van der Waals surface area contributed by atoms with Gasteiger partial charge in [-0.25, -0.2) is 4.98 Å². The fourth-order valence-corrected chi connectivity index (χ4v) is 5.04. The van der Waals surface area contributed by atoms with E-state index in [0.29, 0.717) is 6.04 Å². The van der Waals surface area contributed by atoms with E-state index in [-0.39, 0.29) is 0 Å². The van der Waals surface area contributed by atoms with Crippen molar-refractivity contribution in [1.29, 1.82) is 0 Å². The van der Waals surface area contributed by atoms with Crippen molar-refractivity contribution < 1.29 is 0 Å². The molecule has 5 heteroatoms. The smallest absolute Gasteiger partial charge is 0.140 e. The van der Waals surface area contributed by atoms with Gasteiger partial charge in [-0.3, -0.25) is 9.80 Å². The molecule has 1 N–H and O–H groups in total. The Hall–Kier alpha value is -1.69. The minimum atomic E-state index is 0.333. The van der Waals surface area contributed by atoms with Gasteiger partial charge in [0, 0.05) is 57.1 Å². The summed E-state index contributed by atoms with van der Waals surface area (Å²) in [4.78, 5) is 10.5. The average molecular weight is 382 g/mol. The third-order valence-corrected chi connectivity index (χ3v) is 6.79. The fraction of sp³-hybridized carbons (Fsp3) is 0.609. The first-order valence-corrected chi connectivity index (χ1v) is 10.9. The van der Waals surface area contributed by atoms with Crippen LogP contribution in [-0.4, -0.2) is 65.2 Å². The Balaban J connectivity index is 1.53. The molecule has 2 fully saturated rings. The molecule has 1 saturated heterocycles. The van der Waals surface area contributed by atoms with Crippen LogP contribution in [0.15, 0.2) is 30.3 Å². The van der Waals surface area contributed by atoms with Crippen molar-refractivity contribution >= 4 is 0 Å². The van der Waals surface area contributed by atoms with E-state index in [1.54, 1.807) is 0 Å². The maximum Gasteiger partial charge on any atom is 0.140 e. The van der Waals surface area contributed by atoms with E-state index >= 15 is 0 Å². The van der Waals surface area contributed by atoms with E-state index in [2.05, 4.69) is 71.0 Å². The molecule has 28 heavy (non-hydrogen) atoms. The van der Waals surface area contributed by atoms with E-state index in [9.17, 15) is 0 Å². The van der Waals surface area contributed by atoms with E-state index in [1.165, 1.54) is 55.7 Å². The van der Waals surface area contributed by atoms with Gasteiger partial charge in [0.15, 0.2) is 0 Å². The van der Waals surface area contributed by atoms with Crippen LogP contribution in [0.2, 0.25) is 0 Å². The summed E-state index contributed by atoms with van der Waals surface area (Å²) in [6.45, 7) is 7.82. The molecule has 1 aliphatic heterocycles. The first-order chi connectivity index (χ1) is 13.7. The van der Waals surface area contributed by atoms with Crippen molar-refractivity contribution in [3.63, 3.8) is 0 Å². The molecule has 2 heterocycles. The van der Waals surface area contributed by atoms with Crippen LogP contribution in [-0.2, 0) is 7.05 Å². The Morgan fingerprint density at radius 2 is 1.75 bits per heavy atom. The fourth-order valence-electron chi connectivity index (χ4n) is 5.04. The van der Waals surface area contributed by atoms with Crippen LogP contribution in [0, 0.1) is 6.92 Å². The molecule has 1 aromatic carbocycles. The van der Waals surface area contributed by atoms with Gasteiger partial charge < -0.3 is 9.88 Å². The number of nitrogens with one attached hydrogen (secondary N) is 1. The number of likely N-dealkylation sites (N-methyl/N-ethyl adjacent to an activating group) is 1. The highest BCUT2D eigenvalue weighted by Crippen LogP contribution is 2.30. The van der Waals surface area contributed by atoms with Crippen molar-refractivity contribution in [1.82, 2.24) is 24.7 Å². The first-order valence-electron chi connectivity index (χ1n) is 10.9. The number of aromatic nitrogens is 2. The molecule has 5 nitrogen and oxygen atoms in total. The van der Waals surface area contributed by atoms with Gasteiger partial charge in [0.1, 0.15) is 5.82 Å². The van der Waals surface area contributed by atoms with Crippen LogP contribution in [0.25, 0.3) is 11.4 Å². The molecular formula is C23H35N5. The van der Waals surface area contributed by atoms with E-state index in [0.717, 1.165) is 31.5 Å². The molecule has 1 atom stereocenters. The van der Waals surface area contributed by atoms with Crippen LogP contribution < -0.4 is 5.32 Å². The zero-order valence-corrected chi connectivity index (χ0v) is 17.7. The quantitative estimate of drug-likeness (QED) is 0.834. The number of imidazole rings is 1. The number of hydrogen-bond donors (Lipinski definition) is 1. The highest BCUT2D eigenvalue weighted by atomic mass is 15.3. The minimum absolute atomic E-state index is 0.333. The van der Waals surface area contributed by atoms with Crippen molar-refractivity contribution in [2.75, 3.05) is 39.8 Å². The summed E-state index contributed by atoms with van der Waals surface area (Å²) in [6, 6.07) is 11.7. The van der Waals surface area contributed by atoms with Crippen LogP contribution in [0.4, 0.5) is 0 Å². The number of nitrogens with zero attached hydrogens (tertiary/aromatic N) is 4. The van der Waals surface area contributed by atoms with Crippen LogP contribution in [0.1, 0.15) is 43.1 Å². The van der Waals surface area contributed by atoms with Gasteiger partial charge in [-0.05, 0) is 26.8 Å². The summed E-state index contributed by atoms with van der Waals surface area (Å²) in [6.07, 6.45) is 5.64. The van der Waals surface area contributed by atoms with Gasteiger partial charge in [0.25, 0.3) is 0 Å². The van der Waals surface area contributed by atoms with Crippen LogP contribution in [0.5, 0.6) is 0 Å². The van der Waals surface area contributed by atoms with Gasteiger partial charge in [0.2, 0.25) is 0 Å². The maximum absolute atomic E-state index is 5.14. The van der Waals surface area contributed by atoms with Crippen LogP contribution >= 0.6 is 0 Å². The summed E-state index contributed by atoms with van der Waals surface area (Å²) in [5.41, 5.74) is 3.69. The Bertz CT molecular complexity index is 755. The molecule has 1 aliphatic carbocycles. The highest BCUT2D eigenvalue weighted by Gasteiger charge is 2.31. The Morgan fingerprint density at radius 3 is 2.39 bits per heavy atom. The summed E-state index contributed by atoms with van der Waals surface area (Å²) in [5.74, 6) is 1.07. The third-order valence-electron chi connectivity index (χ3n) is 6.79. The lowest BCUT2D eigenvalue weighted by molar-refractivity contribution is 0.0689. The summed E-state index contributed by atoms with van der Waals surface area (Å²) < 4.78 is 2.25. The Kier molecular flexibility index (Phi) is 6.14. The number of benzene rings is 1. The molecule has 1 saturated carbocycles. The van der Waals surface area contributed by atoms with Crippen molar-refractivity contribution in [2.45, 2.75) is 44.7 Å². The average Bonchev–Trinajstić information content (AvgIpc) is 3.37. The third kappa shape index (κ3) is 3.88. The second kappa shape index (κ2) is 8.76. The monoisotopic (exact) mass is 381 g/mol. The predicted octanol–water partition coefficient (Wildman–Crippen LogP) is 3.22. The van der Waals surface area contributed by atoms with Gasteiger partial charge >= 0.3 is 0 Å². The molecule has 0 amide bonds. The Morgan fingerprint density at radius 1 is 1.07 bits per heavy atom. The van der Waals surface area contributed by atoms with Crippen molar-refractivity contribution in [2.24, 2.45) is 7.05 Å². The highest BCUT2D eigenvalue weighted by molar-refractivity contribution is 5.56. The molecule has 0 bridgehead atoms. The van der Waals surface area contributed by atoms with E-state index in [4.69, 9.17) is 4.98 Å². The SMILES string of the molecule is CNCC(c1nc(-c2ccccc2)n(C)c1C)N1CCN(C2CCCC2)CC1. The Labute approximate surface area is 169 Å². The maximum atomic E-state index is 5.14. The molecule has 0 radical (unpaired) electrons. The van der Waals surface area contributed by atoms with Gasteiger partial charge in [-0.2, -0.15) is 0 Å². The number of hydrogen-bond acceptors (Lipinski definition) is 4. The number of rotatable bonds is 6. The molecule has 2 aliphatic rings. The first kappa shape index (κ1) is 19.6. The summed E-state index contributed by atoms with van der Waals surface area (Å²) in [5, 5.41) is 3.42. The molecule has 152 valence electrons. The topological polar surface area (TPSA) is 36.3 Å². The van der Waals surface area contributed by atoms with E-state index < -0.39 is 0 Å². The molecular weight excluding hydrogens is 346 g/mol. The predicted molar refractivity (Wildman–Crippen MR) is 115 cm³/mol. The molecule has 1 aromatic heterocycles. The van der Waals surface area contributed by atoms with Gasteiger partial charge in [-0.15, -0.1) is 0 Å². The lowest BCUT2D eigenvalue weighted by Gasteiger charge is -2.41. The normalized spacial score (nSPS) is 20.7. The zero-order valence-electron chi connectivity index (χ0n) is 17.7. The van der Waals surface area contributed by atoms with Gasteiger partial charge in [0.05, 0.1) is 11.7 Å². The van der Waals surface area contributed by atoms with Crippen molar-refractivity contribution in [3.8, 4) is 11.4 Å². The largest absolute Gasteiger partial charge is 0.331 e. The van der Waals surface area contributed by atoms with E-state index in [1.807, 2.05) is 0 Å². The molecule has 2 aromatic rings. The van der Waals surface area contributed by atoms with Gasteiger partial charge in [-0.1, -0.05) is 43.2 Å².